The Hall–Kier alpha value is -1.99. The number of unbranched alkanes of at least 4 members (excludes halogenated alkanes) is 10. The third-order valence-corrected chi connectivity index (χ3v) is 8.50. The quantitative estimate of drug-likeness (QED) is 0.0610. The van der Waals surface area contributed by atoms with Crippen LogP contribution in [0.5, 0.6) is 0 Å². The summed E-state index contributed by atoms with van der Waals surface area (Å²) in [6, 6.07) is 14.3. The van der Waals surface area contributed by atoms with Crippen molar-refractivity contribution in [3.05, 3.63) is 70.8 Å². The van der Waals surface area contributed by atoms with Crippen LogP contribution in [0.25, 0.3) is 0 Å². The van der Waals surface area contributed by atoms with Crippen molar-refractivity contribution in [2.45, 2.75) is 170 Å². The second kappa shape index (κ2) is 26.1. The van der Waals surface area contributed by atoms with E-state index >= 15 is 0 Å². The van der Waals surface area contributed by atoms with Crippen molar-refractivity contribution in [1.82, 2.24) is 0 Å². The molecule has 0 amide bonds. The number of hydrogen-bond donors (Lipinski definition) is 0. The maximum Gasteiger partial charge on any atom is 0.0848 e. The number of nitrogens with zero attached hydrogens (tertiary/aromatic N) is 2. The van der Waals surface area contributed by atoms with Crippen LogP contribution in [-0.2, 0) is 42.2 Å². The number of aliphatic imine (C=N–C) groups is 2. The number of rotatable bonds is 24. The van der Waals surface area contributed by atoms with Crippen molar-refractivity contribution in [2.75, 3.05) is 0 Å². The molecule has 0 aliphatic rings. The van der Waals surface area contributed by atoms with Gasteiger partial charge in [-0.25, -0.2) is 4.99 Å². The molecule has 0 aliphatic carbocycles. The summed E-state index contributed by atoms with van der Waals surface area (Å²) < 4.78 is 0. The fraction of sp³-hybridized carbons (Fsp3) is 0.619. The first-order valence-electron chi connectivity index (χ1n) is 18.6. The molecule has 3 heteroatoms. The summed E-state index contributed by atoms with van der Waals surface area (Å²) in [6.45, 7) is 13.5. The Labute approximate surface area is 289 Å². The van der Waals surface area contributed by atoms with Gasteiger partial charge in [0.2, 0.25) is 0 Å². The molecule has 0 heterocycles. The zero-order chi connectivity index (χ0) is 31.8. The fourth-order valence-corrected chi connectivity index (χ4v) is 5.94. The van der Waals surface area contributed by atoms with Crippen molar-refractivity contribution >= 4 is 22.8 Å². The van der Waals surface area contributed by atoms with Crippen LogP contribution in [0.15, 0.2) is 58.5 Å². The minimum Gasteiger partial charge on any atom is -0.251 e. The number of allylic oxidation sites excluding steroid dienone is 2. The molecule has 254 valence electrons. The maximum atomic E-state index is 5.42. The van der Waals surface area contributed by atoms with Gasteiger partial charge in [0.1, 0.15) is 0 Å². The molecule has 2 aromatic rings. The zero-order valence-electron chi connectivity index (χ0n) is 30.0. The maximum absolute atomic E-state index is 5.42. The van der Waals surface area contributed by atoms with Gasteiger partial charge in [-0.2, -0.15) is 0 Å². The standard InChI is InChI=1S/C42H66N2.Ni/c1-7-13-18-24-35-29-36(25-19-14-8-2)32-39(31-35)43-41(23-12-6)42(28-22-17-11-5)44-40-33-37(26-20-15-9-3)30-38(34-40)27-21-16-10-4;/h12,23,29-34H,7-11,13-22,24-28H2,1-6H3;. The summed E-state index contributed by atoms with van der Waals surface area (Å²) in [6.07, 6.45) is 28.6. The van der Waals surface area contributed by atoms with Crippen LogP contribution in [0, 0.1) is 0 Å². The van der Waals surface area contributed by atoms with Crippen LogP contribution in [-0.4, -0.2) is 11.4 Å². The van der Waals surface area contributed by atoms with Crippen LogP contribution >= 0.6 is 0 Å². The Kier molecular flexibility index (Phi) is 23.8. The molecule has 2 aromatic carbocycles. The van der Waals surface area contributed by atoms with Gasteiger partial charge < -0.3 is 0 Å². The molecule has 0 aliphatic heterocycles. The van der Waals surface area contributed by atoms with Gasteiger partial charge in [-0.05, 0) is 124 Å². The van der Waals surface area contributed by atoms with Gasteiger partial charge in [0.05, 0.1) is 22.8 Å². The average molecular weight is 658 g/mol. The Morgan fingerprint density at radius 2 is 0.844 bits per heavy atom. The fourth-order valence-electron chi connectivity index (χ4n) is 5.94. The van der Waals surface area contributed by atoms with Crippen LogP contribution in [0.2, 0.25) is 0 Å². The summed E-state index contributed by atoms with van der Waals surface area (Å²) in [7, 11) is 0. The van der Waals surface area contributed by atoms with Gasteiger partial charge in [-0.3, -0.25) is 4.99 Å². The second-order valence-electron chi connectivity index (χ2n) is 12.9. The molecule has 45 heavy (non-hydrogen) atoms. The van der Waals surface area contributed by atoms with E-state index in [1.807, 2.05) is 0 Å². The molecular weight excluding hydrogens is 591 g/mol. The summed E-state index contributed by atoms with van der Waals surface area (Å²) in [5.74, 6) is 0. The van der Waals surface area contributed by atoms with Crippen molar-refractivity contribution in [3.63, 3.8) is 0 Å². The molecule has 0 spiro atoms. The smallest absolute Gasteiger partial charge is 0.0848 e. The number of hydrogen-bond acceptors (Lipinski definition) is 2. The van der Waals surface area contributed by atoms with E-state index in [1.54, 1.807) is 0 Å². The van der Waals surface area contributed by atoms with Gasteiger partial charge in [0.25, 0.3) is 0 Å². The van der Waals surface area contributed by atoms with Gasteiger partial charge >= 0.3 is 0 Å². The SMILES string of the molecule is CC=CC(=Nc1cc(CCCCC)cc(CCCCC)c1)C(CCCCC)=Nc1cc(CCCCC)cc(CCCCC)c1.[Ni]. The molecular formula is C42H66N2Ni. The Morgan fingerprint density at radius 1 is 0.489 bits per heavy atom. The Bertz CT molecular complexity index is 1090. The van der Waals surface area contributed by atoms with Crippen molar-refractivity contribution in [3.8, 4) is 0 Å². The minimum atomic E-state index is 0. The average Bonchev–Trinajstić information content (AvgIpc) is 3.01. The predicted molar refractivity (Wildman–Crippen MR) is 199 cm³/mol. The molecule has 0 saturated heterocycles. The molecule has 0 aromatic heterocycles. The van der Waals surface area contributed by atoms with Gasteiger partial charge in [0.15, 0.2) is 0 Å². The van der Waals surface area contributed by atoms with Crippen molar-refractivity contribution in [2.24, 2.45) is 9.98 Å². The molecule has 2 rings (SSSR count). The normalized spacial score (nSPS) is 12.2. The van der Waals surface area contributed by atoms with Gasteiger partial charge in [-0.1, -0.05) is 117 Å². The van der Waals surface area contributed by atoms with E-state index in [9.17, 15) is 0 Å². The number of aryl methyl sites for hydroxylation is 4. The van der Waals surface area contributed by atoms with E-state index in [0.29, 0.717) is 0 Å². The van der Waals surface area contributed by atoms with E-state index < -0.39 is 0 Å². The summed E-state index contributed by atoms with van der Waals surface area (Å²) >= 11 is 0. The van der Waals surface area contributed by atoms with Crippen LogP contribution < -0.4 is 0 Å². The third kappa shape index (κ3) is 17.5. The van der Waals surface area contributed by atoms with Gasteiger partial charge in [-0.15, -0.1) is 0 Å². The van der Waals surface area contributed by atoms with E-state index in [4.69, 9.17) is 9.98 Å². The zero-order valence-corrected chi connectivity index (χ0v) is 31.0. The topological polar surface area (TPSA) is 24.7 Å². The summed E-state index contributed by atoms with van der Waals surface area (Å²) in [4.78, 5) is 10.8. The van der Waals surface area contributed by atoms with E-state index in [0.717, 1.165) is 61.3 Å². The third-order valence-electron chi connectivity index (χ3n) is 8.50. The monoisotopic (exact) mass is 656 g/mol. The Balaban J connectivity index is 0.0000101. The Morgan fingerprint density at radius 3 is 1.20 bits per heavy atom. The van der Waals surface area contributed by atoms with Crippen molar-refractivity contribution < 1.29 is 16.5 Å². The van der Waals surface area contributed by atoms with Crippen molar-refractivity contribution in [1.29, 1.82) is 0 Å². The largest absolute Gasteiger partial charge is 0.251 e. The van der Waals surface area contributed by atoms with E-state index in [-0.39, 0.29) is 16.5 Å². The first-order chi connectivity index (χ1) is 21.6. The van der Waals surface area contributed by atoms with Crippen LogP contribution in [0.4, 0.5) is 11.4 Å². The molecule has 2 nitrogen and oxygen atoms in total. The molecule has 0 saturated carbocycles. The van der Waals surface area contributed by atoms with Crippen LogP contribution in [0.3, 0.4) is 0 Å². The first-order valence-corrected chi connectivity index (χ1v) is 18.6. The molecule has 0 radical (unpaired) electrons. The summed E-state index contributed by atoms with van der Waals surface area (Å²) in [5.41, 5.74) is 10.1. The van der Waals surface area contributed by atoms with Gasteiger partial charge in [0, 0.05) is 16.5 Å². The van der Waals surface area contributed by atoms with E-state index in [2.05, 4.69) is 90.1 Å². The first kappa shape index (κ1) is 41.0. The second-order valence-corrected chi connectivity index (χ2v) is 12.9. The molecule has 0 unspecified atom stereocenters. The molecule has 0 bridgehead atoms. The number of benzene rings is 2. The van der Waals surface area contributed by atoms with E-state index in [1.165, 1.54) is 112 Å². The van der Waals surface area contributed by atoms with Crippen LogP contribution in [0.1, 0.15) is 167 Å². The summed E-state index contributed by atoms with van der Waals surface area (Å²) in [5, 5.41) is 0. The molecule has 0 atom stereocenters. The molecule has 0 fully saturated rings. The molecule has 0 N–H and O–H groups in total. The minimum absolute atomic E-state index is 0. The predicted octanol–water partition coefficient (Wildman–Crippen LogP) is 13.6.